The fourth-order valence-electron chi connectivity index (χ4n) is 3.21. The number of nitrogens with zero attached hydrogens (tertiary/aromatic N) is 5. The number of rotatable bonds is 5. The quantitative estimate of drug-likeness (QED) is 0.772. The highest BCUT2D eigenvalue weighted by molar-refractivity contribution is 7.89. The molecule has 1 fully saturated rings. The lowest BCUT2D eigenvalue weighted by Crippen LogP contribution is -2.50. The summed E-state index contributed by atoms with van der Waals surface area (Å²) in [6.07, 6.45) is 0. The van der Waals surface area contributed by atoms with Crippen LogP contribution < -0.4 is 5.32 Å². The van der Waals surface area contributed by atoms with Crippen molar-refractivity contribution in [1.29, 1.82) is 0 Å². The van der Waals surface area contributed by atoms with Gasteiger partial charge in [-0.1, -0.05) is 5.16 Å². The molecule has 2 aromatic heterocycles. The maximum Gasteiger partial charge on any atom is 0.248 e. The first-order valence-electron chi connectivity index (χ1n) is 8.64. The zero-order valence-corrected chi connectivity index (χ0v) is 16.7. The largest absolute Gasteiger partial charge is 0.360 e. The number of nitrogens with one attached hydrogen (secondary N) is 1. The molecule has 0 unspecified atom stereocenters. The van der Waals surface area contributed by atoms with Crippen LogP contribution in [-0.2, 0) is 21.9 Å². The molecule has 1 N–H and O–H groups in total. The molecule has 0 spiro atoms. The van der Waals surface area contributed by atoms with Crippen molar-refractivity contribution >= 4 is 21.7 Å². The number of aryl methyl sites for hydroxylation is 4. The lowest BCUT2D eigenvalue weighted by atomic mass is 10.3. The third kappa shape index (κ3) is 4.04. The van der Waals surface area contributed by atoms with Gasteiger partial charge in [0.1, 0.15) is 16.4 Å². The molecule has 0 saturated carbocycles. The van der Waals surface area contributed by atoms with E-state index in [1.807, 2.05) is 11.8 Å². The molecular formula is C16H24N6O4S. The maximum absolute atomic E-state index is 12.8. The van der Waals surface area contributed by atoms with Gasteiger partial charge < -0.3 is 9.84 Å². The molecule has 0 aliphatic carbocycles. The monoisotopic (exact) mass is 396 g/mol. The lowest BCUT2D eigenvalue weighted by molar-refractivity contribution is -0.117. The van der Waals surface area contributed by atoms with Gasteiger partial charge in [0.15, 0.2) is 5.76 Å². The maximum atomic E-state index is 12.8. The number of sulfonamides is 1. The number of piperazine rings is 1. The summed E-state index contributed by atoms with van der Waals surface area (Å²) in [5.41, 5.74) is 1.19. The van der Waals surface area contributed by atoms with Crippen molar-refractivity contribution in [1.82, 2.24) is 24.1 Å². The van der Waals surface area contributed by atoms with Crippen LogP contribution in [0.15, 0.2) is 15.5 Å². The van der Waals surface area contributed by atoms with Crippen molar-refractivity contribution in [2.45, 2.75) is 25.7 Å². The Balaban J connectivity index is 1.57. The molecular weight excluding hydrogens is 372 g/mol. The van der Waals surface area contributed by atoms with E-state index in [9.17, 15) is 13.2 Å². The van der Waals surface area contributed by atoms with Crippen molar-refractivity contribution in [2.75, 3.05) is 38.0 Å². The fourth-order valence-corrected chi connectivity index (χ4v) is 4.93. The number of amides is 1. The van der Waals surface area contributed by atoms with Crippen LogP contribution in [0.2, 0.25) is 0 Å². The van der Waals surface area contributed by atoms with Gasteiger partial charge in [0.2, 0.25) is 15.9 Å². The van der Waals surface area contributed by atoms with Crippen LogP contribution in [0.3, 0.4) is 0 Å². The highest BCUT2D eigenvalue weighted by Gasteiger charge is 2.33. The first-order chi connectivity index (χ1) is 12.7. The second kappa shape index (κ2) is 7.41. The second-order valence-electron chi connectivity index (χ2n) is 6.68. The predicted octanol–water partition coefficient (Wildman–Crippen LogP) is 0.278. The first-order valence-corrected chi connectivity index (χ1v) is 10.1. The minimum atomic E-state index is -3.65. The number of hydrogen-bond donors (Lipinski definition) is 1. The summed E-state index contributed by atoms with van der Waals surface area (Å²) in [7, 11) is -1.88. The van der Waals surface area contributed by atoms with E-state index < -0.39 is 10.0 Å². The summed E-state index contributed by atoms with van der Waals surface area (Å²) in [6, 6.07) is 1.80. The van der Waals surface area contributed by atoms with Gasteiger partial charge >= 0.3 is 0 Å². The molecule has 1 amide bonds. The summed E-state index contributed by atoms with van der Waals surface area (Å²) in [4.78, 5) is 14.3. The Hall–Kier alpha value is -2.24. The molecule has 148 valence electrons. The standard InChI is InChI=1S/C16H24N6O4S/c1-11-9-14(20(4)18-11)17-15(23)10-21-5-7-22(8-6-21)27(24,25)16-12(2)19-26-13(16)3/h9H,5-8,10H2,1-4H3,(H,17,23). The van der Waals surface area contributed by atoms with E-state index in [1.165, 1.54) is 4.31 Å². The van der Waals surface area contributed by atoms with Crippen LogP contribution >= 0.6 is 0 Å². The molecule has 11 heteroatoms. The van der Waals surface area contributed by atoms with Crippen LogP contribution in [0, 0.1) is 20.8 Å². The van der Waals surface area contributed by atoms with Crippen LogP contribution in [-0.4, -0.2) is 71.2 Å². The van der Waals surface area contributed by atoms with E-state index >= 15 is 0 Å². The van der Waals surface area contributed by atoms with Gasteiger partial charge in [0.25, 0.3) is 0 Å². The number of carbonyl (C=O) groups excluding carboxylic acids is 1. The Morgan fingerprint density at radius 2 is 1.89 bits per heavy atom. The number of carbonyl (C=O) groups is 1. The topological polar surface area (TPSA) is 114 Å². The minimum Gasteiger partial charge on any atom is -0.360 e. The molecule has 1 aliphatic heterocycles. The van der Waals surface area contributed by atoms with Gasteiger partial charge in [-0.15, -0.1) is 0 Å². The smallest absolute Gasteiger partial charge is 0.248 e. The predicted molar refractivity (Wildman–Crippen MR) is 97.8 cm³/mol. The molecule has 10 nitrogen and oxygen atoms in total. The van der Waals surface area contributed by atoms with Gasteiger partial charge in [-0.25, -0.2) is 8.42 Å². The number of aromatic nitrogens is 3. The van der Waals surface area contributed by atoms with E-state index in [4.69, 9.17) is 4.52 Å². The van der Waals surface area contributed by atoms with Gasteiger partial charge in [0, 0.05) is 39.3 Å². The van der Waals surface area contributed by atoms with Crippen molar-refractivity contribution in [3.63, 3.8) is 0 Å². The summed E-state index contributed by atoms with van der Waals surface area (Å²) < 4.78 is 33.7. The Morgan fingerprint density at radius 1 is 1.22 bits per heavy atom. The van der Waals surface area contributed by atoms with Crippen LogP contribution in [0.1, 0.15) is 17.1 Å². The van der Waals surface area contributed by atoms with Crippen molar-refractivity contribution < 1.29 is 17.7 Å². The van der Waals surface area contributed by atoms with Crippen LogP contribution in [0.4, 0.5) is 5.82 Å². The second-order valence-corrected chi connectivity index (χ2v) is 8.55. The van der Waals surface area contributed by atoms with Crippen molar-refractivity contribution in [3.8, 4) is 0 Å². The van der Waals surface area contributed by atoms with Gasteiger partial charge in [0.05, 0.1) is 12.2 Å². The molecule has 3 rings (SSSR count). The Bertz CT molecular complexity index is 921. The van der Waals surface area contributed by atoms with E-state index in [1.54, 1.807) is 31.6 Å². The molecule has 2 aromatic rings. The molecule has 0 atom stereocenters. The van der Waals surface area contributed by atoms with E-state index in [0.717, 1.165) is 5.69 Å². The van der Waals surface area contributed by atoms with Crippen molar-refractivity contribution in [3.05, 3.63) is 23.2 Å². The summed E-state index contributed by atoms with van der Waals surface area (Å²) in [5.74, 6) is 0.776. The Morgan fingerprint density at radius 3 is 2.41 bits per heavy atom. The minimum absolute atomic E-state index is 0.139. The molecule has 0 radical (unpaired) electrons. The molecule has 27 heavy (non-hydrogen) atoms. The van der Waals surface area contributed by atoms with E-state index in [-0.39, 0.29) is 17.3 Å². The van der Waals surface area contributed by atoms with E-state index in [0.29, 0.717) is 43.5 Å². The summed E-state index contributed by atoms with van der Waals surface area (Å²) in [6.45, 7) is 6.82. The lowest BCUT2D eigenvalue weighted by Gasteiger charge is -2.33. The first kappa shape index (κ1) is 19.5. The van der Waals surface area contributed by atoms with Crippen molar-refractivity contribution in [2.24, 2.45) is 7.05 Å². The van der Waals surface area contributed by atoms with Gasteiger partial charge in [-0.05, 0) is 20.8 Å². The Kier molecular flexibility index (Phi) is 5.36. The average molecular weight is 396 g/mol. The third-order valence-electron chi connectivity index (χ3n) is 4.53. The normalized spacial score (nSPS) is 16.6. The highest BCUT2D eigenvalue weighted by Crippen LogP contribution is 2.24. The highest BCUT2D eigenvalue weighted by atomic mass is 32.2. The molecule has 0 aromatic carbocycles. The van der Waals surface area contributed by atoms with Crippen LogP contribution in [0.5, 0.6) is 0 Å². The number of hydrogen-bond acceptors (Lipinski definition) is 7. The zero-order valence-electron chi connectivity index (χ0n) is 15.9. The molecule has 1 saturated heterocycles. The Labute approximate surface area is 158 Å². The molecule has 1 aliphatic rings. The SMILES string of the molecule is Cc1cc(NC(=O)CN2CCN(S(=O)(=O)c3c(C)noc3C)CC2)n(C)n1. The zero-order chi connectivity index (χ0) is 19.8. The van der Waals surface area contributed by atoms with E-state index in [2.05, 4.69) is 15.6 Å². The number of anilines is 1. The molecule has 3 heterocycles. The molecule has 0 bridgehead atoms. The average Bonchev–Trinajstić information content (AvgIpc) is 3.09. The van der Waals surface area contributed by atoms with Crippen LogP contribution in [0.25, 0.3) is 0 Å². The fraction of sp³-hybridized carbons (Fsp3) is 0.562. The van der Waals surface area contributed by atoms with Gasteiger partial charge in [-0.3, -0.25) is 14.4 Å². The third-order valence-corrected chi connectivity index (χ3v) is 6.68. The van der Waals surface area contributed by atoms with Gasteiger partial charge in [-0.2, -0.15) is 9.40 Å². The summed E-state index contributed by atoms with van der Waals surface area (Å²) in [5, 5.41) is 10.7. The summed E-state index contributed by atoms with van der Waals surface area (Å²) >= 11 is 0.